The van der Waals surface area contributed by atoms with Crippen LogP contribution in [0.2, 0.25) is 0 Å². The monoisotopic (exact) mass is 293 g/mol. The quantitative estimate of drug-likeness (QED) is 0.888. The van der Waals surface area contributed by atoms with Gasteiger partial charge in [0, 0.05) is 11.9 Å². The van der Waals surface area contributed by atoms with Crippen molar-refractivity contribution < 1.29 is 13.5 Å². The van der Waals surface area contributed by atoms with E-state index in [0.29, 0.717) is 5.56 Å². The molecule has 0 aliphatic heterocycles. The molecule has 106 valence electrons. The largest absolute Gasteiger partial charge is 0.392 e. The van der Waals surface area contributed by atoms with Gasteiger partial charge >= 0.3 is 0 Å². The molecule has 0 aliphatic carbocycles. The van der Waals surface area contributed by atoms with Crippen LogP contribution in [-0.4, -0.2) is 23.5 Å². The molecule has 0 saturated heterocycles. The fourth-order valence-corrected chi connectivity index (χ4v) is 2.67. The first kappa shape index (κ1) is 14.4. The molecule has 2 heterocycles. The molecule has 0 radical (unpaired) electrons. The molecule has 0 atom stereocenters. The fourth-order valence-electron chi connectivity index (χ4n) is 1.75. The Morgan fingerprint density at radius 2 is 2.00 bits per heavy atom. The Labute approximate surface area is 117 Å². The van der Waals surface area contributed by atoms with Crippen LogP contribution < -0.4 is 4.72 Å². The molecule has 0 bridgehead atoms. The molecule has 0 aromatic carbocycles. The normalized spacial score (nSPS) is 11.3. The van der Waals surface area contributed by atoms with Gasteiger partial charge in [0.2, 0.25) is 0 Å². The molecule has 20 heavy (non-hydrogen) atoms. The number of aliphatic hydroxyl groups is 1. The van der Waals surface area contributed by atoms with Crippen LogP contribution in [0.3, 0.4) is 0 Å². The lowest BCUT2D eigenvalue weighted by Crippen LogP contribution is -2.15. The minimum atomic E-state index is -3.78. The van der Waals surface area contributed by atoms with Crippen molar-refractivity contribution in [2.75, 3.05) is 4.72 Å². The van der Waals surface area contributed by atoms with E-state index in [2.05, 4.69) is 14.7 Å². The highest BCUT2D eigenvalue weighted by atomic mass is 32.2. The highest BCUT2D eigenvalue weighted by Crippen LogP contribution is 2.15. The average molecular weight is 293 g/mol. The number of nitrogens with zero attached hydrogens (tertiary/aromatic N) is 2. The molecule has 2 rings (SSSR count). The summed E-state index contributed by atoms with van der Waals surface area (Å²) in [5, 5.41) is 8.80. The van der Waals surface area contributed by atoms with Gasteiger partial charge in [-0.2, -0.15) is 8.42 Å². The molecule has 2 aromatic rings. The first-order valence-corrected chi connectivity index (χ1v) is 7.43. The van der Waals surface area contributed by atoms with Gasteiger partial charge in [-0.1, -0.05) is 6.07 Å². The Bertz CT molecular complexity index is 692. The number of hydrogen-bond acceptors (Lipinski definition) is 5. The number of sulfonamides is 1. The van der Waals surface area contributed by atoms with E-state index in [0.717, 1.165) is 11.3 Å². The number of aliphatic hydroxyl groups excluding tert-OH is 1. The third-order valence-corrected chi connectivity index (χ3v) is 3.86. The second-order valence-corrected chi connectivity index (χ2v) is 6.07. The summed E-state index contributed by atoms with van der Waals surface area (Å²) in [6, 6.07) is 6.35. The van der Waals surface area contributed by atoms with Gasteiger partial charge in [-0.05, 0) is 43.2 Å². The van der Waals surface area contributed by atoms with Crippen molar-refractivity contribution in [1.29, 1.82) is 0 Å². The summed E-state index contributed by atoms with van der Waals surface area (Å²) in [7, 11) is -3.78. The Balaban J connectivity index is 2.30. The lowest BCUT2D eigenvalue weighted by Gasteiger charge is -2.08. The molecule has 7 heteroatoms. The number of pyridine rings is 2. The number of aromatic nitrogens is 2. The maximum atomic E-state index is 12.1. The summed E-state index contributed by atoms with van der Waals surface area (Å²) in [5.74, 6) is 0.260. The zero-order valence-corrected chi connectivity index (χ0v) is 12.0. The number of rotatable bonds is 4. The summed E-state index contributed by atoms with van der Waals surface area (Å²) < 4.78 is 26.7. The summed E-state index contributed by atoms with van der Waals surface area (Å²) in [6.07, 6.45) is 1.32. The highest BCUT2D eigenvalue weighted by Gasteiger charge is 2.16. The first-order chi connectivity index (χ1) is 9.40. The summed E-state index contributed by atoms with van der Waals surface area (Å²) >= 11 is 0. The van der Waals surface area contributed by atoms with Crippen molar-refractivity contribution in [3.8, 4) is 0 Å². The molecule has 0 aliphatic rings. The number of hydrogen-bond donors (Lipinski definition) is 2. The maximum absolute atomic E-state index is 12.1. The second-order valence-electron chi connectivity index (χ2n) is 4.44. The molecule has 6 nitrogen and oxygen atoms in total. The van der Waals surface area contributed by atoms with Crippen LogP contribution in [0.4, 0.5) is 5.82 Å². The number of aryl methyl sites for hydroxylation is 2. The van der Waals surface area contributed by atoms with Gasteiger partial charge in [-0.3, -0.25) is 4.72 Å². The first-order valence-electron chi connectivity index (χ1n) is 5.94. The van der Waals surface area contributed by atoms with Crippen LogP contribution in [0.15, 0.2) is 35.5 Å². The third-order valence-electron chi connectivity index (χ3n) is 2.59. The number of nitrogens with one attached hydrogen (secondary N) is 1. The van der Waals surface area contributed by atoms with E-state index in [-0.39, 0.29) is 17.5 Å². The zero-order chi connectivity index (χ0) is 14.8. The molecule has 0 amide bonds. The predicted molar refractivity (Wildman–Crippen MR) is 74.7 cm³/mol. The molecule has 0 unspecified atom stereocenters. The van der Waals surface area contributed by atoms with Crippen LogP contribution in [0.5, 0.6) is 0 Å². The minimum Gasteiger partial charge on any atom is -0.392 e. The van der Waals surface area contributed by atoms with Crippen LogP contribution >= 0.6 is 0 Å². The lowest BCUT2D eigenvalue weighted by molar-refractivity contribution is 0.281. The number of anilines is 1. The van der Waals surface area contributed by atoms with Gasteiger partial charge in [-0.15, -0.1) is 0 Å². The lowest BCUT2D eigenvalue weighted by atomic mass is 10.2. The van der Waals surface area contributed by atoms with E-state index in [1.165, 1.54) is 18.3 Å². The van der Waals surface area contributed by atoms with Gasteiger partial charge < -0.3 is 5.11 Å². The van der Waals surface area contributed by atoms with Crippen molar-refractivity contribution in [2.45, 2.75) is 25.5 Å². The van der Waals surface area contributed by atoms with Crippen molar-refractivity contribution >= 4 is 15.8 Å². The van der Waals surface area contributed by atoms with Gasteiger partial charge in [0.05, 0.1) is 6.61 Å². The third kappa shape index (κ3) is 3.31. The predicted octanol–water partition coefficient (Wildman–Crippen LogP) is 1.39. The fraction of sp³-hybridized carbons (Fsp3) is 0.231. The molecule has 0 fully saturated rings. The summed E-state index contributed by atoms with van der Waals surface area (Å²) in [5.41, 5.74) is 2.19. The van der Waals surface area contributed by atoms with E-state index in [1.807, 2.05) is 13.0 Å². The van der Waals surface area contributed by atoms with Crippen molar-refractivity contribution in [3.63, 3.8) is 0 Å². The smallest absolute Gasteiger partial charge is 0.280 e. The molecule has 2 aromatic heterocycles. The molecule has 0 saturated carbocycles. The second kappa shape index (κ2) is 5.56. The molecule has 0 spiro atoms. The van der Waals surface area contributed by atoms with Crippen LogP contribution in [-0.2, 0) is 16.6 Å². The van der Waals surface area contributed by atoms with Gasteiger partial charge in [0.15, 0.2) is 5.03 Å². The zero-order valence-electron chi connectivity index (χ0n) is 11.2. The minimum absolute atomic E-state index is 0.115. The van der Waals surface area contributed by atoms with E-state index < -0.39 is 10.0 Å². The van der Waals surface area contributed by atoms with Crippen LogP contribution in [0.1, 0.15) is 16.8 Å². The van der Waals surface area contributed by atoms with Crippen molar-refractivity contribution in [1.82, 2.24) is 9.97 Å². The standard InChI is InChI=1S/C13H15N3O3S/c1-9-5-10(2)15-12(6-9)16-20(18,19)13-4-3-11(8-17)7-14-13/h3-7,17H,8H2,1-2H3,(H,15,16). The SMILES string of the molecule is Cc1cc(C)nc(NS(=O)(=O)c2ccc(CO)cn2)c1. The van der Waals surface area contributed by atoms with Gasteiger partial charge in [0.1, 0.15) is 5.82 Å². The average Bonchev–Trinajstić information content (AvgIpc) is 2.37. The Hall–Kier alpha value is -1.99. The molecular weight excluding hydrogens is 278 g/mol. The summed E-state index contributed by atoms with van der Waals surface area (Å²) in [6.45, 7) is 3.47. The Morgan fingerprint density at radius 3 is 2.55 bits per heavy atom. The van der Waals surface area contributed by atoms with Crippen molar-refractivity contribution in [2.24, 2.45) is 0 Å². The van der Waals surface area contributed by atoms with Gasteiger partial charge in [0.25, 0.3) is 10.0 Å². The van der Waals surface area contributed by atoms with E-state index >= 15 is 0 Å². The van der Waals surface area contributed by atoms with Gasteiger partial charge in [-0.25, -0.2) is 9.97 Å². The molecule has 2 N–H and O–H groups in total. The van der Waals surface area contributed by atoms with E-state index in [1.54, 1.807) is 13.0 Å². The van der Waals surface area contributed by atoms with E-state index in [9.17, 15) is 8.42 Å². The Morgan fingerprint density at radius 1 is 1.25 bits per heavy atom. The maximum Gasteiger partial charge on any atom is 0.280 e. The summed E-state index contributed by atoms with van der Waals surface area (Å²) in [4.78, 5) is 7.94. The van der Waals surface area contributed by atoms with Crippen LogP contribution in [0.25, 0.3) is 0 Å². The highest BCUT2D eigenvalue weighted by molar-refractivity contribution is 7.92. The topological polar surface area (TPSA) is 92.2 Å². The molecular formula is C13H15N3O3S. The van der Waals surface area contributed by atoms with Crippen molar-refractivity contribution in [3.05, 3.63) is 47.3 Å². The Kier molecular flexibility index (Phi) is 4.01. The van der Waals surface area contributed by atoms with Crippen LogP contribution in [0, 0.1) is 13.8 Å². The van der Waals surface area contributed by atoms with E-state index in [4.69, 9.17) is 5.11 Å².